The first kappa shape index (κ1) is 15.3. The predicted octanol–water partition coefficient (Wildman–Crippen LogP) is 1.31. The lowest BCUT2D eigenvalue weighted by Crippen LogP contribution is -2.36. The fraction of sp³-hybridized carbons (Fsp3) is 0.467. The van der Waals surface area contributed by atoms with Crippen LogP contribution in [0.15, 0.2) is 24.3 Å². The van der Waals surface area contributed by atoms with Crippen molar-refractivity contribution in [3.05, 3.63) is 29.8 Å². The van der Waals surface area contributed by atoms with Crippen LogP contribution in [0, 0.1) is 0 Å². The van der Waals surface area contributed by atoms with Crippen molar-refractivity contribution in [3.63, 3.8) is 0 Å². The molecule has 1 unspecified atom stereocenters. The number of anilines is 1. The van der Waals surface area contributed by atoms with E-state index in [0.717, 1.165) is 19.5 Å². The first-order valence-electron chi connectivity index (χ1n) is 7.24. The highest BCUT2D eigenvalue weighted by molar-refractivity contribution is 5.95. The van der Waals surface area contributed by atoms with E-state index in [9.17, 15) is 9.59 Å². The van der Waals surface area contributed by atoms with Crippen molar-refractivity contribution >= 4 is 17.6 Å². The number of carbonyl (C=O) groups excluding carboxylic acids is 2. The number of rotatable bonds is 4. The highest BCUT2D eigenvalue weighted by atomic mass is 16.2. The van der Waals surface area contributed by atoms with Gasteiger partial charge in [-0.3, -0.25) is 4.79 Å². The van der Waals surface area contributed by atoms with Crippen LogP contribution in [-0.2, 0) is 0 Å². The molecule has 0 aliphatic carbocycles. The van der Waals surface area contributed by atoms with Gasteiger partial charge in [-0.1, -0.05) is 0 Å². The summed E-state index contributed by atoms with van der Waals surface area (Å²) < 4.78 is 0. The second kappa shape index (κ2) is 7.08. The summed E-state index contributed by atoms with van der Waals surface area (Å²) in [6.07, 6.45) is 0.959. The standard InChI is InChI=1S/C15H22N4O2/c1-10(2)17-15(21)19-12-5-3-11(4-6-12)14(20)18-13-7-8-16-9-13/h3-6,10,13,16H,7-9H2,1-2H3,(H,18,20)(H2,17,19,21). The summed E-state index contributed by atoms with van der Waals surface area (Å²) in [7, 11) is 0. The zero-order valence-electron chi connectivity index (χ0n) is 12.4. The summed E-state index contributed by atoms with van der Waals surface area (Å²) in [6.45, 7) is 5.55. The van der Waals surface area contributed by atoms with E-state index in [2.05, 4.69) is 21.3 Å². The molecule has 1 atom stereocenters. The maximum absolute atomic E-state index is 12.0. The van der Waals surface area contributed by atoms with E-state index in [-0.39, 0.29) is 24.0 Å². The van der Waals surface area contributed by atoms with Gasteiger partial charge >= 0.3 is 6.03 Å². The maximum atomic E-state index is 12.0. The maximum Gasteiger partial charge on any atom is 0.319 e. The van der Waals surface area contributed by atoms with Crippen molar-refractivity contribution in [2.24, 2.45) is 0 Å². The minimum atomic E-state index is -0.251. The Kier molecular flexibility index (Phi) is 5.16. The van der Waals surface area contributed by atoms with Crippen LogP contribution in [0.2, 0.25) is 0 Å². The lowest BCUT2D eigenvalue weighted by molar-refractivity contribution is 0.0940. The van der Waals surface area contributed by atoms with E-state index in [0.29, 0.717) is 11.3 Å². The summed E-state index contributed by atoms with van der Waals surface area (Å²) in [6, 6.07) is 6.90. The van der Waals surface area contributed by atoms with E-state index in [1.165, 1.54) is 0 Å². The van der Waals surface area contributed by atoms with Gasteiger partial charge in [0.15, 0.2) is 0 Å². The normalized spacial score (nSPS) is 17.6. The zero-order valence-corrected chi connectivity index (χ0v) is 12.4. The van der Waals surface area contributed by atoms with Gasteiger partial charge in [-0.15, -0.1) is 0 Å². The lowest BCUT2D eigenvalue weighted by atomic mass is 10.1. The van der Waals surface area contributed by atoms with Gasteiger partial charge in [0, 0.05) is 29.9 Å². The van der Waals surface area contributed by atoms with Crippen molar-refractivity contribution < 1.29 is 9.59 Å². The van der Waals surface area contributed by atoms with Crippen LogP contribution in [0.5, 0.6) is 0 Å². The molecule has 1 aromatic rings. The molecule has 6 nitrogen and oxygen atoms in total. The van der Waals surface area contributed by atoms with E-state index >= 15 is 0 Å². The number of carbonyl (C=O) groups is 2. The Labute approximate surface area is 124 Å². The van der Waals surface area contributed by atoms with E-state index in [1.807, 2.05) is 13.8 Å². The van der Waals surface area contributed by atoms with Gasteiger partial charge in [-0.25, -0.2) is 4.79 Å². The summed E-state index contributed by atoms with van der Waals surface area (Å²) in [5.74, 6) is -0.0816. The molecule has 0 saturated carbocycles. The number of nitrogens with one attached hydrogen (secondary N) is 4. The summed E-state index contributed by atoms with van der Waals surface area (Å²) >= 11 is 0. The molecule has 1 aliphatic heterocycles. The van der Waals surface area contributed by atoms with Crippen LogP contribution in [-0.4, -0.2) is 37.1 Å². The Balaban J connectivity index is 1.88. The number of hydrogen-bond acceptors (Lipinski definition) is 3. The Morgan fingerprint density at radius 1 is 1.24 bits per heavy atom. The molecule has 1 aromatic carbocycles. The molecular formula is C15H22N4O2. The summed E-state index contributed by atoms with van der Waals surface area (Å²) in [5, 5.41) is 11.6. The molecule has 1 fully saturated rings. The van der Waals surface area contributed by atoms with Crippen molar-refractivity contribution in [2.45, 2.75) is 32.4 Å². The zero-order chi connectivity index (χ0) is 15.2. The highest BCUT2D eigenvalue weighted by Crippen LogP contribution is 2.10. The van der Waals surface area contributed by atoms with Crippen LogP contribution in [0.4, 0.5) is 10.5 Å². The molecule has 0 radical (unpaired) electrons. The molecular weight excluding hydrogens is 268 g/mol. The molecule has 1 aliphatic rings. The predicted molar refractivity (Wildman–Crippen MR) is 82.5 cm³/mol. The third-order valence-electron chi connectivity index (χ3n) is 3.22. The summed E-state index contributed by atoms with van der Waals surface area (Å²) in [4.78, 5) is 23.6. The molecule has 4 N–H and O–H groups in total. The number of hydrogen-bond donors (Lipinski definition) is 4. The van der Waals surface area contributed by atoms with Gasteiger partial charge in [0.05, 0.1) is 0 Å². The monoisotopic (exact) mass is 290 g/mol. The average molecular weight is 290 g/mol. The Morgan fingerprint density at radius 2 is 1.95 bits per heavy atom. The second-order valence-corrected chi connectivity index (χ2v) is 5.49. The van der Waals surface area contributed by atoms with Gasteiger partial charge in [0.1, 0.15) is 0 Å². The van der Waals surface area contributed by atoms with Gasteiger partial charge in [-0.05, 0) is 51.1 Å². The first-order valence-corrected chi connectivity index (χ1v) is 7.24. The molecule has 114 valence electrons. The Bertz CT molecular complexity index is 493. The molecule has 3 amide bonds. The van der Waals surface area contributed by atoms with E-state index in [4.69, 9.17) is 0 Å². The van der Waals surface area contributed by atoms with Crippen molar-refractivity contribution in [1.29, 1.82) is 0 Å². The van der Waals surface area contributed by atoms with Crippen molar-refractivity contribution in [2.75, 3.05) is 18.4 Å². The largest absolute Gasteiger partial charge is 0.348 e. The third kappa shape index (κ3) is 4.75. The van der Waals surface area contributed by atoms with Crippen molar-refractivity contribution in [3.8, 4) is 0 Å². The lowest BCUT2D eigenvalue weighted by Gasteiger charge is -2.12. The van der Waals surface area contributed by atoms with Gasteiger partial charge in [-0.2, -0.15) is 0 Å². The molecule has 0 bridgehead atoms. The SMILES string of the molecule is CC(C)NC(=O)Nc1ccc(C(=O)NC2CCNC2)cc1. The molecule has 0 aromatic heterocycles. The quantitative estimate of drug-likeness (QED) is 0.675. The minimum absolute atomic E-state index is 0.0788. The fourth-order valence-corrected chi connectivity index (χ4v) is 2.18. The van der Waals surface area contributed by atoms with E-state index < -0.39 is 0 Å². The molecule has 21 heavy (non-hydrogen) atoms. The highest BCUT2D eigenvalue weighted by Gasteiger charge is 2.17. The van der Waals surface area contributed by atoms with Crippen LogP contribution in [0.25, 0.3) is 0 Å². The first-order chi connectivity index (χ1) is 10.0. The molecule has 1 heterocycles. The Hall–Kier alpha value is -2.08. The van der Waals surface area contributed by atoms with E-state index in [1.54, 1.807) is 24.3 Å². The van der Waals surface area contributed by atoms with Crippen LogP contribution < -0.4 is 21.3 Å². The average Bonchev–Trinajstić information content (AvgIpc) is 2.91. The molecule has 1 saturated heterocycles. The third-order valence-corrected chi connectivity index (χ3v) is 3.22. The Morgan fingerprint density at radius 3 is 2.52 bits per heavy atom. The topological polar surface area (TPSA) is 82.3 Å². The van der Waals surface area contributed by atoms with Gasteiger partial charge in [0.2, 0.25) is 0 Å². The minimum Gasteiger partial charge on any atom is -0.348 e. The number of urea groups is 1. The fourth-order valence-electron chi connectivity index (χ4n) is 2.18. The van der Waals surface area contributed by atoms with Gasteiger partial charge < -0.3 is 21.3 Å². The molecule has 2 rings (SSSR count). The molecule has 0 spiro atoms. The number of amides is 3. The smallest absolute Gasteiger partial charge is 0.319 e. The second-order valence-electron chi connectivity index (χ2n) is 5.49. The summed E-state index contributed by atoms with van der Waals surface area (Å²) in [5.41, 5.74) is 1.25. The van der Waals surface area contributed by atoms with Gasteiger partial charge in [0.25, 0.3) is 5.91 Å². The van der Waals surface area contributed by atoms with Crippen LogP contribution in [0.3, 0.4) is 0 Å². The number of benzene rings is 1. The van der Waals surface area contributed by atoms with Crippen LogP contribution in [0.1, 0.15) is 30.6 Å². The molecule has 6 heteroatoms. The van der Waals surface area contributed by atoms with Crippen LogP contribution >= 0.6 is 0 Å². The van der Waals surface area contributed by atoms with Crippen molar-refractivity contribution in [1.82, 2.24) is 16.0 Å².